The van der Waals surface area contributed by atoms with Crippen LogP contribution < -0.4 is 0 Å². The summed E-state index contributed by atoms with van der Waals surface area (Å²) in [5, 5.41) is 0. The summed E-state index contributed by atoms with van der Waals surface area (Å²) in [5.41, 5.74) is 1.36. The molecule has 0 bridgehead atoms. The summed E-state index contributed by atoms with van der Waals surface area (Å²) in [6.07, 6.45) is 4.64. The third-order valence-corrected chi connectivity index (χ3v) is 6.03. The lowest BCUT2D eigenvalue weighted by Crippen LogP contribution is -2.47. The largest absolute Gasteiger partial charge is 0.467 e. The molecule has 0 saturated carbocycles. The van der Waals surface area contributed by atoms with Crippen molar-refractivity contribution in [1.29, 1.82) is 0 Å². The zero-order chi connectivity index (χ0) is 24.4. The molecule has 2 atom stereocenters. The lowest BCUT2D eigenvalue weighted by Gasteiger charge is -2.32. The molecule has 0 saturated heterocycles. The lowest BCUT2D eigenvalue weighted by atomic mass is 9.84. The van der Waals surface area contributed by atoms with Crippen LogP contribution in [0.5, 0.6) is 0 Å². The van der Waals surface area contributed by atoms with E-state index in [1.54, 1.807) is 11.2 Å². The van der Waals surface area contributed by atoms with Crippen LogP contribution in [0.1, 0.15) is 72.1 Å². The predicted octanol–water partition coefficient (Wildman–Crippen LogP) is 5.94. The molecule has 1 heterocycles. The molecule has 5 nitrogen and oxygen atoms in total. The van der Waals surface area contributed by atoms with Crippen molar-refractivity contribution >= 4 is 11.8 Å². The standard InChI is InChI=1S/C28H42N2O3/c1-7-23(3)30(26(31)18-22(2)19-28(4,5)6)21-27(32)29(20-25-14-11-17-33-25)16-15-24-12-9-8-10-13-24/h8-14,17,22-23H,7,15-16,18-21H2,1-6H3/t22-,23+/m0/s1. The van der Waals surface area contributed by atoms with Crippen molar-refractivity contribution in [3.63, 3.8) is 0 Å². The molecule has 5 heteroatoms. The van der Waals surface area contributed by atoms with Crippen molar-refractivity contribution in [3.8, 4) is 0 Å². The monoisotopic (exact) mass is 454 g/mol. The maximum absolute atomic E-state index is 13.4. The maximum atomic E-state index is 13.4. The quantitative estimate of drug-likeness (QED) is 0.399. The minimum Gasteiger partial charge on any atom is -0.467 e. The Morgan fingerprint density at radius 3 is 2.27 bits per heavy atom. The van der Waals surface area contributed by atoms with Gasteiger partial charge in [-0.15, -0.1) is 0 Å². The molecule has 0 aliphatic heterocycles. The predicted molar refractivity (Wildman–Crippen MR) is 134 cm³/mol. The number of rotatable bonds is 12. The second-order valence-corrected chi connectivity index (χ2v) is 10.5. The van der Waals surface area contributed by atoms with Gasteiger partial charge in [-0.05, 0) is 55.2 Å². The number of benzene rings is 1. The van der Waals surface area contributed by atoms with Gasteiger partial charge in [-0.1, -0.05) is 65.0 Å². The van der Waals surface area contributed by atoms with Gasteiger partial charge in [0.1, 0.15) is 12.3 Å². The molecule has 1 aromatic carbocycles. The van der Waals surface area contributed by atoms with Crippen molar-refractivity contribution in [2.45, 2.75) is 79.8 Å². The molecule has 0 fully saturated rings. The molecule has 0 aliphatic carbocycles. The molecule has 1 aromatic heterocycles. The van der Waals surface area contributed by atoms with E-state index in [1.165, 1.54) is 5.56 Å². The second kappa shape index (κ2) is 12.6. The van der Waals surface area contributed by atoms with Crippen LogP contribution in [0, 0.1) is 11.3 Å². The Morgan fingerprint density at radius 1 is 1.00 bits per heavy atom. The number of amides is 2. The molecule has 2 rings (SSSR count). The van der Waals surface area contributed by atoms with E-state index >= 15 is 0 Å². The van der Waals surface area contributed by atoms with E-state index in [4.69, 9.17) is 4.42 Å². The van der Waals surface area contributed by atoms with Gasteiger partial charge in [0.2, 0.25) is 11.8 Å². The summed E-state index contributed by atoms with van der Waals surface area (Å²) in [7, 11) is 0. The number of carbonyl (C=O) groups excluding carboxylic acids is 2. The fourth-order valence-electron chi connectivity index (χ4n) is 4.28. The van der Waals surface area contributed by atoms with E-state index in [1.807, 2.05) is 42.2 Å². The molecule has 0 aliphatic rings. The smallest absolute Gasteiger partial charge is 0.242 e. The van der Waals surface area contributed by atoms with Gasteiger partial charge in [-0.25, -0.2) is 0 Å². The van der Waals surface area contributed by atoms with Gasteiger partial charge in [0.05, 0.1) is 12.8 Å². The van der Waals surface area contributed by atoms with Gasteiger partial charge in [-0.2, -0.15) is 0 Å². The fourth-order valence-corrected chi connectivity index (χ4v) is 4.28. The highest BCUT2D eigenvalue weighted by Crippen LogP contribution is 2.26. The van der Waals surface area contributed by atoms with Gasteiger partial charge in [0.25, 0.3) is 0 Å². The molecule has 0 N–H and O–H groups in total. The molecule has 0 unspecified atom stereocenters. The van der Waals surface area contributed by atoms with Crippen LogP contribution in [0.4, 0.5) is 0 Å². The van der Waals surface area contributed by atoms with Crippen LogP contribution in [0.25, 0.3) is 0 Å². The van der Waals surface area contributed by atoms with Crippen molar-refractivity contribution in [3.05, 3.63) is 60.1 Å². The number of furan rings is 1. The van der Waals surface area contributed by atoms with Gasteiger partial charge in [-0.3, -0.25) is 9.59 Å². The van der Waals surface area contributed by atoms with E-state index in [0.29, 0.717) is 19.5 Å². The van der Waals surface area contributed by atoms with Crippen LogP contribution in [0.3, 0.4) is 0 Å². The average molecular weight is 455 g/mol. The van der Waals surface area contributed by atoms with Crippen molar-refractivity contribution in [2.24, 2.45) is 11.3 Å². The highest BCUT2D eigenvalue weighted by molar-refractivity contribution is 5.85. The Bertz CT molecular complexity index is 840. The first-order valence-electron chi connectivity index (χ1n) is 12.2. The molecule has 2 amide bonds. The summed E-state index contributed by atoms with van der Waals surface area (Å²) in [6.45, 7) is 13.9. The Kier molecular flexibility index (Phi) is 10.2. The van der Waals surface area contributed by atoms with Crippen molar-refractivity contribution < 1.29 is 14.0 Å². The summed E-state index contributed by atoms with van der Waals surface area (Å²) in [5.74, 6) is 1.04. The first-order chi connectivity index (χ1) is 15.6. The molecular weight excluding hydrogens is 412 g/mol. The van der Waals surface area contributed by atoms with Crippen LogP contribution in [0.15, 0.2) is 53.1 Å². The van der Waals surface area contributed by atoms with Crippen LogP contribution in [-0.2, 0) is 22.6 Å². The third kappa shape index (κ3) is 9.45. The van der Waals surface area contributed by atoms with Gasteiger partial charge >= 0.3 is 0 Å². The first kappa shape index (κ1) is 26.7. The van der Waals surface area contributed by atoms with E-state index in [-0.39, 0.29) is 35.7 Å². The SMILES string of the molecule is CC[C@@H](C)N(CC(=O)N(CCc1ccccc1)Cc1ccco1)C(=O)C[C@H](C)CC(C)(C)C. The summed E-state index contributed by atoms with van der Waals surface area (Å²) < 4.78 is 5.51. The minimum absolute atomic E-state index is 0.0165. The Labute approximate surface area is 200 Å². The summed E-state index contributed by atoms with van der Waals surface area (Å²) >= 11 is 0. The van der Waals surface area contributed by atoms with Gasteiger partial charge < -0.3 is 14.2 Å². The highest BCUT2D eigenvalue weighted by atomic mass is 16.3. The Balaban J connectivity index is 2.10. The molecule has 33 heavy (non-hydrogen) atoms. The number of hydrogen-bond acceptors (Lipinski definition) is 3. The number of nitrogens with zero attached hydrogens (tertiary/aromatic N) is 2. The molecule has 0 spiro atoms. The molecular formula is C28H42N2O3. The molecule has 2 aromatic rings. The zero-order valence-electron chi connectivity index (χ0n) is 21.3. The average Bonchev–Trinajstić information content (AvgIpc) is 3.26. The maximum Gasteiger partial charge on any atom is 0.242 e. The first-order valence-corrected chi connectivity index (χ1v) is 12.2. The zero-order valence-corrected chi connectivity index (χ0v) is 21.3. The summed E-state index contributed by atoms with van der Waals surface area (Å²) in [4.78, 5) is 30.3. The Hall–Kier alpha value is -2.56. The van der Waals surface area contributed by atoms with Crippen LogP contribution in [-0.4, -0.2) is 40.7 Å². The van der Waals surface area contributed by atoms with Gasteiger partial charge in [0.15, 0.2) is 0 Å². The molecule has 182 valence electrons. The van der Waals surface area contributed by atoms with E-state index < -0.39 is 0 Å². The van der Waals surface area contributed by atoms with Crippen LogP contribution in [0.2, 0.25) is 0 Å². The number of hydrogen-bond donors (Lipinski definition) is 0. The van der Waals surface area contributed by atoms with Crippen molar-refractivity contribution in [2.75, 3.05) is 13.1 Å². The number of carbonyl (C=O) groups is 2. The lowest BCUT2D eigenvalue weighted by molar-refractivity contribution is -0.143. The second-order valence-electron chi connectivity index (χ2n) is 10.5. The fraction of sp³-hybridized carbons (Fsp3) is 0.571. The topological polar surface area (TPSA) is 53.8 Å². The van der Waals surface area contributed by atoms with Crippen LogP contribution >= 0.6 is 0 Å². The van der Waals surface area contributed by atoms with Crippen molar-refractivity contribution in [1.82, 2.24) is 9.80 Å². The third-order valence-electron chi connectivity index (χ3n) is 6.03. The molecule has 0 radical (unpaired) electrons. The van der Waals surface area contributed by atoms with E-state index in [2.05, 4.69) is 46.8 Å². The highest BCUT2D eigenvalue weighted by Gasteiger charge is 2.27. The van der Waals surface area contributed by atoms with Gasteiger partial charge in [0, 0.05) is 19.0 Å². The van der Waals surface area contributed by atoms with E-state index in [0.717, 1.165) is 25.0 Å². The Morgan fingerprint density at radius 2 is 1.70 bits per heavy atom. The summed E-state index contributed by atoms with van der Waals surface area (Å²) in [6, 6.07) is 13.9. The van der Waals surface area contributed by atoms with E-state index in [9.17, 15) is 9.59 Å². The minimum atomic E-state index is -0.0422. The normalized spacial score (nSPS) is 13.4.